The van der Waals surface area contributed by atoms with E-state index in [1.54, 1.807) is 18.4 Å². The first kappa shape index (κ1) is 12.5. The maximum atomic E-state index is 5.13. The topological polar surface area (TPSA) is 24.5 Å². The molecule has 0 radical (unpaired) electrons. The molecule has 3 nitrogen and oxygen atoms in total. The minimum atomic E-state index is 0.936. The molecule has 0 aromatic carbocycles. The van der Waals surface area contributed by atoms with Crippen LogP contribution in [0.1, 0.15) is 11.8 Å². The molecule has 0 aliphatic carbocycles. The molecule has 0 saturated heterocycles. The second-order valence-corrected chi connectivity index (χ2v) is 4.52. The van der Waals surface area contributed by atoms with Crippen LogP contribution in [0.4, 0.5) is 0 Å². The monoisotopic (exact) mass is 228 g/mol. The van der Waals surface area contributed by atoms with Crippen LogP contribution in [0.2, 0.25) is 0 Å². The summed E-state index contributed by atoms with van der Waals surface area (Å²) >= 11 is 1.74. The highest BCUT2D eigenvalue weighted by atomic mass is 32.1. The van der Waals surface area contributed by atoms with E-state index in [4.69, 9.17) is 4.74 Å². The Bertz CT molecular complexity index is 275. The van der Waals surface area contributed by atoms with Crippen molar-refractivity contribution in [3.05, 3.63) is 16.3 Å². The van der Waals surface area contributed by atoms with Crippen LogP contribution in [-0.2, 0) is 6.54 Å². The van der Waals surface area contributed by atoms with E-state index in [0.717, 1.165) is 31.9 Å². The second-order valence-electron chi connectivity index (χ2n) is 3.53. The average molecular weight is 228 g/mol. The molecular formula is C11H20N2OS. The van der Waals surface area contributed by atoms with E-state index in [0.29, 0.717) is 0 Å². The molecule has 4 heteroatoms. The molecule has 0 aliphatic rings. The van der Waals surface area contributed by atoms with Crippen LogP contribution in [0.15, 0.2) is 11.4 Å². The average Bonchev–Trinajstić information content (AvgIpc) is 2.72. The molecule has 1 aromatic heterocycles. The molecule has 0 amide bonds. The quantitative estimate of drug-likeness (QED) is 0.720. The second kappa shape index (κ2) is 6.82. The van der Waals surface area contributed by atoms with Gasteiger partial charge in [0.15, 0.2) is 0 Å². The van der Waals surface area contributed by atoms with Crippen molar-refractivity contribution in [2.75, 3.05) is 33.8 Å². The zero-order valence-electron chi connectivity index (χ0n) is 9.75. The van der Waals surface area contributed by atoms with E-state index >= 15 is 0 Å². The van der Waals surface area contributed by atoms with Gasteiger partial charge in [-0.3, -0.25) is 0 Å². The highest BCUT2D eigenvalue weighted by Crippen LogP contribution is 2.20. The van der Waals surface area contributed by atoms with E-state index in [9.17, 15) is 0 Å². The predicted octanol–water partition coefficient (Wildman–Crippen LogP) is 1.80. The Morgan fingerprint density at radius 2 is 2.33 bits per heavy atom. The standard InChI is InChI=1S/C11H20N2OS/c1-4-13(2)6-5-12-8-11-7-10(14-3)9-15-11/h7,9,12H,4-6,8H2,1-3H3. The van der Waals surface area contributed by atoms with Crippen LogP contribution in [0.3, 0.4) is 0 Å². The molecular weight excluding hydrogens is 208 g/mol. The summed E-state index contributed by atoms with van der Waals surface area (Å²) in [6, 6.07) is 2.08. The Labute approximate surface area is 96.0 Å². The smallest absolute Gasteiger partial charge is 0.129 e. The van der Waals surface area contributed by atoms with Gasteiger partial charge in [-0.1, -0.05) is 6.92 Å². The summed E-state index contributed by atoms with van der Waals surface area (Å²) in [5.41, 5.74) is 0. The number of methoxy groups -OCH3 is 1. The summed E-state index contributed by atoms with van der Waals surface area (Å²) in [5.74, 6) is 0.961. The SMILES string of the molecule is CCN(C)CCNCc1cc(OC)cs1. The third-order valence-electron chi connectivity index (χ3n) is 2.37. The number of thiophene rings is 1. The van der Waals surface area contributed by atoms with Gasteiger partial charge in [-0.25, -0.2) is 0 Å². The highest BCUT2D eigenvalue weighted by Gasteiger charge is 1.99. The van der Waals surface area contributed by atoms with Crippen LogP contribution in [0.25, 0.3) is 0 Å². The largest absolute Gasteiger partial charge is 0.496 e. The molecule has 0 saturated carbocycles. The van der Waals surface area contributed by atoms with Crippen molar-refractivity contribution >= 4 is 11.3 Å². The van der Waals surface area contributed by atoms with Crippen LogP contribution < -0.4 is 10.1 Å². The van der Waals surface area contributed by atoms with Gasteiger partial charge >= 0.3 is 0 Å². The van der Waals surface area contributed by atoms with Gasteiger partial charge in [0.05, 0.1) is 7.11 Å². The zero-order valence-corrected chi connectivity index (χ0v) is 10.6. The van der Waals surface area contributed by atoms with Gasteiger partial charge < -0.3 is 15.0 Å². The van der Waals surface area contributed by atoms with Gasteiger partial charge in [-0.15, -0.1) is 11.3 Å². The summed E-state index contributed by atoms with van der Waals surface area (Å²) in [6.07, 6.45) is 0. The summed E-state index contributed by atoms with van der Waals surface area (Å²) in [5, 5.41) is 5.45. The number of nitrogens with zero attached hydrogens (tertiary/aromatic N) is 1. The third kappa shape index (κ3) is 4.64. The van der Waals surface area contributed by atoms with E-state index < -0.39 is 0 Å². The van der Waals surface area contributed by atoms with Gasteiger partial charge in [-0.05, 0) is 19.7 Å². The molecule has 1 rings (SSSR count). The molecule has 0 aliphatic heterocycles. The van der Waals surface area contributed by atoms with Crippen molar-refractivity contribution in [3.63, 3.8) is 0 Å². The number of ether oxygens (including phenoxy) is 1. The number of hydrogen-bond donors (Lipinski definition) is 1. The van der Waals surface area contributed by atoms with E-state index in [-0.39, 0.29) is 0 Å². The number of rotatable bonds is 7. The Morgan fingerprint density at radius 1 is 1.53 bits per heavy atom. The van der Waals surface area contributed by atoms with Gasteiger partial charge in [0.25, 0.3) is 0 Å². The fraction of sp³-hybridized carbons (Fsp3) is 0.636. The molecule has 86 valence electrons. The number of hydrogen-bond acceptors (Lipinski definition) is 4. The molecule has 0 unspecified atom stereocenters. The molecule has 1 aromatic rings. The van der Waals surface area contributed by atoms with Crippen molar-refractivity contribution in [3.8, 4) is 5.75 Å². The molecule has 0 spiro atoms. The molecule has 0 atom stereocenters. The fourth-order valence-electron chi connectivity index (χ4n) is 1.20. The normalized spacial score (nSPS) is 10.9. The van der Waals surface area contributed by atoms with Crippen LogP contribution in [0.5, 0.6) is 5.75 Å². The highest BCUT2D eigenvalue weighted by molar-refractivity contribution is 7.10. The first-order valence-electron chi connectivity index (χ1n) is 5.27. The van der Waals surface area contributed by atoms with Crippen molar-refractivity contribution in [1.82, 2.24) is 10.2 Å². The fourth-order valence-corrected chi connectivity index (χ4v) is 2.00. The van der Waals surface area contributed by atoms with Crippen molar-refractivity contribution in [2.24, 2.45) is 0 Å². The Kier molecular flexibility index (Phi) is 5.68. The van der Waals surface area contributed by atoms with Gasteiger partial charge in [0, 0.05) is 29.9 Å². The van der Waals surface area contributed by atoms with Gasteiger partial charge in [-0.2, -0.15) is 0 Å². The minimum Gasteiger partial charge on any atom is -0.496 e. The lowest BCUT2D eigenvalue weighted by Crippen LogP contribution is -2.28. The van der Waals surface area contributed by atoms with Crippen LogP contribution in [0, 0.1) is 0 Å². The Hall–Kier alpha value is -0.580. The van der Waals surface area contributed by atoms with Crippen LogP contribution in [-0.4, -0.2) is 38.7 Å². The van der Waals surface area contributed by atoms with E-state index in [2.05, 4.69) is 30.3 Å². The van der Waals surface area contributed by atoms with E-state index in [1.807, 2.05) is 5.38 Å². The van der Waals surface area contributed by atoms with Gasteiger partial charge in [0.2, 0.25) is 0 Å². The van der Waals surface area contributed by atoms with Crippen molar-refractivity contribution in [1.29, 1.82) is 0 Å². The minimum absolute atomic E-state index is 0.936. The Morgan fingerprint density at radius 3 is 2.93 bits per heavy atom. The van der Waals surface area contributed by atoms with Crippen LogP contribution >= 0.6 is 11.3 Å². The summed E-state index contributed by atoms with van der Waals surface area (Å²) in [7, 11) is 3.84. The summed E-state index contributed by atoms with van der Waals surface area (Å²) in [6.45, 7) is 6.34. The zero-order chi connectivity index (χ0) is 11.1. The molecule has 1 heterocycles. The summed E-state index contributed by atoms with van der Waals surface area (Å²) in [4.78, 5) is 3.62. The van der Waals surface area contributed by atoms with E-state index in [1.165, 1.54) is 4.88 Å². The van der Waals surface area contributed by atoms with Gasteiger partial charge in [0.1, 0.15) is 5.75 Å². The number of likely N-dealkylation sites (N-methyl/N-ethyl adjacent to an activating group) is 1. The maximum Gasteiger partial charge on any atom is 0.129 e. The molecule has 0 fully saturated rings. The lowest BCUT2D eigenvalue weighted by Gasteiger charge is -2.13. The predicted molar refractivity (Wildman–Crippen MR) is 65.7 cm³/mol. The Balaban J connectivity index is 2.14. The maximum absolute atomic E-state index is 5.13. The molecule has 1 N–H and O–H groups in total. The summed E-state index contributed by atoms with van der Waals surface area (Å²) < 4.78 is 5.13. The third-order valence-corrected chi connectivity index (χ3v) is 3.29. The first-order chi connectivity index (χ1) is 7.26. The first-order valence-corrected chi connectivity index (χ1v) is 6.15. The lowest BCUT2D eigenvalue weighted by atomic mass is 10.4. The lowest BCUT2D eigenvalue weighted by molar-refractivity contribution is 0.349. The number of nitrogens with one attached hydrogen (secondary N) is 1. The molecule has 15 heavy (non-hydrogen) atoms. The molecule has 0 bridgehead atoms. The van der Waals surface area contributed by atoms with Crippen molar-refractivity contribution in [2.45, 2.75) is 13.5 Å². The van der Waals surface area contributed by atoms with Crippen molar-refractivity contribution < 1.29 is 4.74 Å².